The summed E-state index contributed by atoms with van der Waals surface area (Å²) in [5.74, 6) is 0.0379. The van der Waals surface area contributed by atoms with Crippen molar-refractivity contribution < 1.29 is 23.5 Å². The van der Waals surface area contributed by atoms with Crippen LogP contribution in [0.1, 0.15) is 30.0 Å². The maximum atomic E-state index is 13.7. The first kappa shape index (κ1) is 19.9. The highest BCUT2D eigenvalue weighted by atomic mass is 32.2. The Kier molecular flexibility index (Phi) is 4.85. The van der Waals surface area contributed by atoms with Crippen LogP contribution in [0.4, 0.5) is 9.18 Å². The van der Waals surface area contributed by atoms with E-state index in [0.29, 0.717) is 24.2 Å². The van der Waals surface area contributed by atoms with Gasteiger partial charge in [-0.15, -0.1) is 11.8 Å². The number of halogens is 1. The highest BCUT2D eigenvalue weighted by Crippen LogP contribution is 2.41. The number of nitrogens with zero attached hydrogens (tertiary/aromatic N) is 1. The van der Waals surface area contributed by atoms with Crippen molar-refractivity contribution in [3.05, 3.63) is 59.4 Å². The first-order valence-electron chi connectivity index (χ1n) is 10.1. The Labute approximate surface area is 182 Å². The number of nitrogens with one attached hydrogen (secondary N) is 2. The smallest absolute Gasteiger partial charge is 0.325 e. The molecule has 3 aliphatic rings. The lowest BCUT2D eigenvalue weighted by Crippen LogP contribution is -2.48. The molecule has 0 aliphatic carbocycles. The fraction of sp³-hybridized carbons (Fsp3) is 0.318. The topological polar surface area (TPSA) is 87.7 Å². The van der Waals surface area contributed by atoms with E-state index in [-0.39, 0.29) is 18.5 Å². The zero-order chi connectivity index (χ0) is 21.6. The maximum absolute atomic E-state index is 13.7. The van der Waals surface area contributed by atoms with Crippen LogP contribution >= 0.6 is 11.8 Å². The van der Waals surface area contributed by atoms with Crippen LogP contribution in [0.25, 0.3) is 0 Å². The predicted octanol–water partition coefficient (Wildman–Crippen LogP) is 2.71. The number of carbonyl (C=O) groups is 3. The van der Waals surface area contributed by atoms with Gasteiger partial charge in [-0.1, -0.05) is 18.2 Å². The molecule has 31 heavy (non-hydrogen) atoms. The van der Waals surface area contributed by atoms with Crippen LogP contribution in [0.15, 0.2) is 47.4 Å². The number of ether oxygens (including phenoxy) is 1. The van der Waals surface area contributed by atoms with Gasteiger partial charge < -0.3 is 15.4 Å². The molecule has 3 heterocycles. The number of benzene rings is 2. The Morgan fingerprint density at radius 3 is 3.00 bits per heavy atom. The summed E-state index contributed by atoms with van der Waals surface area (Å²) in [4.78, 5) is 40.6. The molecule has 2 aromatic carbocycles. The molecule has 9 heteroatoms. The largest absolute Gasteiger partial charge is 0.493 e. The molecular formula is C22H20FN3O4S. The third-order valence-electron chi connectivity index (χ3n) is 5.91. The van der Waals surface area contributed by atoms with Gasteiger partial charge in [0.25, 0.3) is 5.91 Å². The molecular weight excluding hydrogens is 421 g/mol. The number of fused-ring (bicyclic) bond motifs is 3. The molecule has 0 radical (unpaired) electrons. The van der Waals surface area contributed by atoms with Crippen molar-refractivity contribution in [1.29, 1.82) is 0 Å². The minimum absolute atomic E-state index is 0.283. The van der Waals surface area contributed by atoms with E-state index in [1.54, 1.807) is 42.1 Å². The lowest BCUT2D eigenvalue weighted by molar-refractivity contribution is -0.136. The molecule has 160 valence electrons. The van der Waals surface area contributed by atoms with Crippen molar-refractivity contribution in [2.75, 3.05) is 18.9 Å². The van der Waals surface area contributed by atoms with Gasteiger partial charge in [-0.05, 0) is 36.2 Å². The summed E-state index contributed by atoms with van der Waals surface area (Å²) in [5, 5.41) is 5.65. The lowest BCUT2D eigenvalue weighted by Gasteiger charge is -2.33. The van der Waals surface area contributed by atoms with Gasteiger partial charge in [-0.3, -0.25) is 14.5 Å². The molecule has 1 fully saturated rings. The second-order valence-corrected chi connectivity index (χ2v) is 8.90. The summed E-state index contributed by atoms with van der Waals surface area (Å²) in [6.07, 6.45) is 0.931. The predicted molar refractivity (Wildman–Crippen MR) is 111 cm³/mol. The van der Waals surface area contributed by atoms with Crippen molar-refractivity contribution in [2.45, 2.75) is 29.3 Å². The summed E-state index contributed by atoms with van der Waals surface area (Å²) in [7, 11) is 0. The van der Waals surface area contributed by atoms with Crippen molar-refractivity contribution in [2.24, 2.45) is 0 Å². The summed E-state index contributed by atoms with van der Waals surface area (Å²) >= 11 is 1.61. The Balaban J connectivity index is 1.34. The van der Waals surface area contributed by atoms with Crippen molar-refractivity contribution in [3.8, 4) is 5.75 Å². The molecule has 2 N–H and O–H groups in total. The van der Waals surface area contributed by atoms with E-state index in [1.165, 1.54) is 12.1 Å². The molecule has 4 amide bonds. The average molecular weight is 441 g/mol. The van der Waals surface area contributed by atoms with Crippen LogP contribution in [0.2, 0.25) is 0 Å². The highest BCUT2D eigenvalue weighted by Gasteiger charge is 2.55. The minimum Gasteiger partial charge on any atom is -0.493 e. The van der Waals surface area contributed by atoms with Crippen LogP contribution in [0, 0.1) is 5.82 Å². The molecule has 5 rings (SSSR count). The Morgan fingerprint density at radius 1 is 1.29 bits per heavy atom. The number of carbonyl (C=O) groups excluding carboxylic acids is 3. The van der Waals surface area contributed by atoms with Gasteiger partial charge in [0.1, 0.15) is 18.1 Å². The van der Waals surface area contributed by atoms with Gasteiger partial charge in [-0.2, -0.15) is 0 Å². The molecule has 0 saturated carbocycles. The number of hydrogen-bond acceptors (Lipinski definition) is 5. The number of hydrogen-bond donors (Lipinski definition) is 2. The summed E-state index contributed by atoms with van der Waals surface area (Å²) in [6.45, 7) is -0.116. The monoisotopic (exact) mass is 441 g/mol. The van der Waals surface area contributed by atoms with Gasteiger partial charge in [0.2, 0.25) is 5.91 Å². The summed E-state index contributed by atoms with van der Waals surface area (Å²) in [6, 6.07) is 10.6. The number of urea groups is 1. The fourth-order valence-electron chi connectivity index (χ4n) is 4.41. The zero-order valence-corrected chi connectivity index (χ0v) is 17.3. The van der Waals surface area contributed by atoms with Gasteiger partial charge in [0.15, 0.2) is 5.54 Å². The summed E-state index contributed by atoms with van der Waals surface area (Å²) in [5.41, 5.74) is 0.0940. The molecule has 0 bridgehead atoms. The van der Waals surface area contributed by atoms with Gasteiger partial charge in [-0.25, -0.2) is 9.18 Å². The quantitative estimate of drug-likeness (QED) is 0.716. The molecule has 2 aromatic rings. The number of amides is 4. The second-order valence-electron chi connectivity index (χ2n) is 7.76. The second kappa shape index (κ2) is 7.56. The lowest BCUT2D eigenvalue weighted by atomic mass is 9.84. The van der Waals surface area contributed by atoms with E-state index >= 15 is 0 Å². The number of para-hydroxylation sites is 1. The van der Waals surface area contributed by atoms with Crippen LogP contribution in [0.5, 0.6) is 5.75 Å². The van der Waals surface area contributed by atoms with E-state index < -0.39 is 29.9 Å². The Bertz CT molecular complexity index is 1090. The maximum Gasteiger partial charge on any atom is 0.325 e. The van der Waals surface area contributed by atoms with Gasteiger partial charge >= 0.3 is 6.03 Å². The van der Waals surface area contributed by atoms with Crippen LogP contribution < -0.4 is 15.4 Å². The third kappa shape index (κ3) is 3.33. The first-order valence-corrected chi connectivity index (χ1v) is 11.0. The van der Waals surface area contributed by atoms with Crippen molar-refractivity contribution in [3.63, 3.8) is 0 Å². The van der Waals surface area contributed by atoms with Crippen LogP contribution in [-0.2, 0) is 15.1 Å². The highest BCUT2D eigenvalue weighted by molar-refractivity contribution is 7.99. The molecule has 1 spiro atoms. The SMILES string of the molecule is O=C(CN1C(=O)N[C@@]2(CCOc3ccccc32)C1=O)N[C@@H]1CCSc2ccc(F)cc21. The first-order chi connectivity index (χ1) is 15.0. The Morgan fingerprint density at radius 2 is 2.13 bits per heavy atom. The zero-order valence-electron chi connectivity index (χ0n) is 16.5. The van der Waals surface area contributed by atoms with E-state index in [2.05, 4.69) is 10.6 Å². The third-order valence-corrected chi connectivity index (χ3v) is 7.03. The fourth-order valence-corrected chi connectivity index (χ4v) is 5.52. The summed E-state index contributed by atoms with van der Waals surface area (Å²) < 4.78 is 19.3. The normalized spacial score (nSPS) is 24.3. The van der Waals surface area contributed by atoms with Gasteiger partial charge in [0, 0.05) is 22.6 Å². The molecule has 1 saturated heterocycles. The molecule has 3 aliphatic heterocycles. The van der Waals surface area contributed by atoms with E-state index in [0.717, 1.165) is 21.1 Å². The van der Waals surface area contributed by atoms with E-state index in [4.69, 9.17) is 4.74 Å². The minimum atomic E-state index is -1.22. The van der Waals surface area contributed by atoms with Crippen LogP contribution in [-0.4, -0.2) is 41.6 Å². The van der Waals surface area contributed by atoms with E-state index in [9.17, 15) is 18.8 Å². The number of imide groups is 1. The van der Waals surface area contributed by atoms with Crippen molar-refractivity contribution in [1.82, 2.24) is 15.5 Å². The number of thioether (sulfide) groups is 1. The van der Waals surface area contributed by atoms with Gasteiger partial charge in [0.05, 0.1) is 12.6 Å². The molecule has 0 unspecified atom stereocenters. The molecule has 7 nitrogen and oxygen atoms in total. The van der Waals surface area contributed by atoms with E-state index in [1.807, 2.05) is 0 Å². The molecule has 2 atom stereocenters. The standard InChI is InChI=1S/C22H20FN3O4S/c23-13-5-6-18-14(11-13)16(7-10-31-18)24-19(27)12-26-20(28)22(25-21(26)29)8-9-30-17-4-2-1-3-15(17)22/h1-6,11,16H,7-10,12H2,(H,24,27)(H,25,29)/t16-,22-/m1/s1. The Hall–Kier alpha value is -3.07. The molecule has 0 aromatic heterocycles. The average Bonchev–Trinajstić information content (AvgIpc) is 2.99. The number of rotatable bonds is 3. The van der Waals surface area contributed by atoms with Crippen molar-refractivity contribution >= 4 is 29.6 Å². The van der Waals surface area contributed by atoms with Crippen LogP contribution in [0.3, 0.4) is 0 Å².